The van der Waals surface area contributed by atoms with Crippen molar-refractivity contribution in [2.45, 2.75) is 37.8 Å². The Kier molecular flexibility index (Phi) is 4.55. The standard InChI is InChI=1S/C21H25FN4O2/c22-18-3-1-2-15-10-16(11-17(15)18)25-8-4-14(5-9-25)19-13-26(21(27)28-19)20-12-23-6-7-24-20/h1-3,7,12,14,16,19,23H,4-6,8-11,13H2. The van der Waals surface area contributed by atoms with Crippen molar-refractivity contribution in [1.29, 1.82) is 0 Å². The molecule has 3 aliphatic heterocycles. The maximum Gasteiger partial charge on any atom is 0.416 e. The zero-order valence-electron chi connectivity index (χ0n) is 15.8. The summed E-state index contributed by atoms with van der Waals surface area (Å²) in [6.07, 6.45) is 6.89. The molecule has 2 atom stereocenters. The van der Waals surface area contributed by atoms with Gasteiger partial charge in [-0.1, -0.05) is 12.1 Å². The third-order valence-corrected chi connectivity index (χ3v) is 6.50. The number of fused-ring (bicyclic) bond motifs is 1. The van der Waals surface area contributed by atoms with Crippen LogP contribution in [0.1, 0.15) is 24.0 Å². The molecule has 0 spiro atoms. The fourth-order valence-electron chi connectivity index (χ4n) is 4.94. The molecule has 0 radical (unpaired) electrons. The lowest BCUT2D eigenvalue weighted by Gasteiger charge is -2.37. The molecule has 148 valence electrons. The number of cyclic esters (lactones) is 1. The van der Waals surface area contributed by atoms with E-state index in [1.807, 2.05) is 6.07 Å². The van der Waals surface area contributed by atoms with Gasteiger partial charge in [0.1, 0.15) is 11.9 Å². The molecule has 1 aliphatic carbocycles. The SMILES string of the molecule is O=C1OC(C2CCN(C3Cc4cccc(F)c4C3)CC2)CN1C1=CNCC=N1. The Morgan fingerprint density at radius 1 is 1.21 bits per heavy atom. The monoisotopic (exact) mass is 384 g/mol. The highest BCUT2D eigenvalue weighted by atomic mass is 19.1. The molecule has 2 unspecified atom stereocenters. The Morgan fingerprint density at radius 3 is 2.82 bits per heavy atom. The Morgan fingerprint density at radius 2 is 2.07 bits per heavy atom. The van der Waals surface area contributed by atoms with Crippen LogP contribution in [0.25, 0.3) is 0 Å². The van der Waals surface area contributed by atoms with Gasteiger partial charge in [-0.15, -0.1) is 0 Å². The van der Waals surface area contributed by atoms with E-state index in [0.29, 0.717) is 30.9 Å². The molecule has 0 saturated carbocycles. The minimum Gasteiger partial charge on any atom is -0.444 e. The van der Waals surface area contributed by atoms with E-state index >= 15 is 0 Å². The summed E-state index contributed by atoms with van der Waals surface area (Å²) in [5.41, 5.74) is 2.05. The van der Waals surface area contributed by atoms with Crippen molar-refractivity contribution in [3.63, 3.8) is 0 Å². The van der Waals surface area contributed by atoms with Crippen molar-refractivity contribution in [2.75, 3.05) is 26.2 Å². The highest BCUT2D eigenvalue weighted by molar-refractivity contribution is 5.73. The second-order valence-corrected chi connectivity index (χ2v) is 8.07. The van der Waals surface area contributed by atoms with E-state index in [4.69, 9.17) is 4.74 Å². The fourth-order valence-corrected chi connectivity index (χ4v) is 4.94. The van der Waals surface area contributed by atoms with Crippen molar-refractivity contribution >= 4 is 12.3 Å². The van der Waals surface area contributed by atoms with Crippen LogP contribution in [-0.2, 0) is 17.6 Å². The van der Waals surface area contributed by atoms with Crippen LogP contribution in [-0.4, -0.2) is 60.4 Å². The highest BCUT2D eigenvalue weighted by Gasteiger charge is 2.40. The summed E-state index contributed by atoms with van der Waals surface area (Å²) in [6.45, 7) is 3.19. The van der Waals surface area contributed by atoms with Gasteiger partial charge in [-0.05, 0) is 56.0 Å². The first-order chi connectivity index (χ1) is 13.7. The second-order valence-electron chi connectivity index (χ2n) is 8.07. The minimum atomic E-state index is -0.304. The molecule has 3 heterocycles. The lowest BCUT2D eigenvalue weighted by Crippen LogP contribution is -2.44. The van der Waals surface area contributed by atoms with E-state index in [0.717, 1.165) is 49.9 Å². The maximum atomic E-state index is 14.0. The minimum absolute atomic E-state index is 0.0676. The van der Waals surface area contributed by atoms with Crippen LogP contribution in [0.4, 0.5) is 9.18 Å². The van der Waals surface area contributed by atoms with Crippen LogP contribution in [0.2, 0.25) is 0 Å². The molecule has 1 aromatic carbocycles. The Bertz CT molecular complexity index is 832. The first kappa shape index (κ1) is 17.7. The predicted molar refractivity (Wildman–Crippen MR) is 103 cm³/mol. The Hall–Kier alpha value is -2.41. The number of aliphatic imine (C=N–C) groups is 1. The van der Waals surface area contributed by atoms with Gasteiger partial charge < -0.3 is 10.1 Å². The molecule has 0 bridgehead atoms. The number of nitrogens with one attached hydrogen (secondary N) is 1. The Balaban J connectivity index is 1.17. The molecule has 0 aromatic heterocycles. The van der Waals surface area contributed by atoms with Gasteiger partial charge in [-0.2, -0.15) is 0 Å². The van der Waals surface area contributed by atoms with Crippen LogP contribution in [0, 0.1) is 11.7 Å². The molecule has 28 heavy (non-hydrogen) atoms. The van der Waals surface area contributed by atoms with Gasteiger partial charge >= 0.3 is 6.09 Å². The van der Waals surface area contributed by atoms with Crippen molar-refractivity contribution in [1.82, 2.24) is 15.1 Å². The highest BCUT2D eigenvalue weighted by Crippen LogP contribution is 2.33. The van der Waals surface area contributed by atoms with Crippen LogP contribution < -0.4 is 5.32 Å². The van der Waals surface area contributed by atoms with E-state index in [9.17, 15) is 9.18 Å². The number of piperidine rings is 1. The van der Waals surface area contributed by atoms with E-state index < -0.39 is 0 Å². The van der Waals surface area contributed by atoms with Gasteiger partial charge in [0, 0.05) is 30.9 Å². The van der Waals surface area contributed by atoms with E-state index in [-0.39, 0.29) is 18.0 Å². The van der Waals surface area contributed by atoms with Gasteiger partial charge in [-0.3, -0.25) is 9.80 Å². The molecule has 7 heteroatoms. The number of hydrogen-bond donors (Lipinski definition) is 1. The van der Waals surface area contributed by atoms with Crippen LogP contribution in [0.5, 0.6) is 0 Å². The first-order valence-electron chi connectivity index (χ1n) is 10.1. The van der Waals surface area contributed by atoms with Gasteiger partial charge in [0.2, 0.25) is 0 Å². The second kappa shape index (κ2) is 7.20. The number of ether oxygens (including phenoxy) is 1. The lowest BCUT2D eigenvalue weighted by atomic mass is 9.90. The average molecular weight is 384 g/mol. The number of rotatable bonds is 3. The largest absolute Gasteiger partial charge is 0.444 e. The van der Waals surface area contributed by atoms with Gasteiger partial charge in [0.15, 0.2) is 5.82 Å². The number of likely N-dealkylation sites (tertiary alicyclic amines) is 1. The first-order valence-corrected chi connectivity index (χ1v) is 10.1. The number of halogens is 1. The lowest BCUT2D eigenvalue weighted by molar-refractivity contribution is 0.0556. The fraction of sp³-hybridized carbons (Fsp3) is 0.524. The smallest absolute Gasteiger partial charge is 0.416 e. The molecule has 4 aliphatic rings. The topological polar surface area (TPSA) is 57.2 Å². The molecular formula is C21H25FN4O2. The summed E-state index contributed by atoms with van der Waals surface area (Å²) in [4.78, 5) is 20.7. The number of nitrogens with zero attached hydrogens (tertiary/aromatic N) is 3. The van der Waals surface area contributed by atoms with Crippen molar-refractivity contribution < 1.29 is 13.9 Å². The molecule has 5 rings (SSSR count). The molecule has 2 fully saturated rings. The van der Waals surface area contributed by atoms with Crippen LogP contribution >= 0.6 is 0 Å². The molecule has 2 saturated heterocycles. The molecule has 1 amide bonds. The number of amides is 1. The summed E-state index contributed by atoms with van der Waals surface area (Å²) in [6, 6.07) is 5.82. The van der Waals surface area contributed by atoms with Gasteiger partial charge in [0.05, 0.1) is 6.54 Å². The Labute approximate surface area is 164 Å². The molecular weight excluding hydrogens is 359 g/mol. The van der Waals surface area contributed by atoms with Crippen molar-refractivity contribution in [2.24, 2.45) is 10.9 Å². The van der Waals surface area contributed by atoms with Crippen LogP contribution in [0.3, 0.4) is 0 Å². The molecule has 1 N–H and O–H groups in total. The third-order valence-electron chi connectivity index (χ3n) is 6.50. The maximum absolute atomic E-state index is 14.0. The average Bonchev–Trinajstić information content (AvgIpc) is 3.34. The number of carbonyl (C=O) groups excluding carboxylic acids is 1. The zero-order chi connectivity index (χ0) is 19.1. The van der Waals surface area contributed by atoms with E-state index in [2.05, 4.69) is 21.3 Å². The van der Waals surface area contributed by atoms with Crippen molar-refractivity contribution in [3.05, 3.63) is 47.2 Å². The predicted octanol–water partition coefficient (Wildman–Crippen LogP) is 2.30. The van der Waals surface area contributed by atoms with Gasteiger partial charge in [-0.25, -0.2) is 14.2 Å². The normalized spacial score (nSPS) is 28.1. The molecule has 1 aromatic rings. The third kappa shape index (κ3) is 3.17. The summed E-state index contributed by atoms with van der Waals surface area (Å²) < 4.78 is 19.7. The quantitative estimate of drug-likeness (QED) is 0.869. The van der Waals surface area contributed by atoms with Gasteiger partial charge in [0.25, 0.3) is 0 Å². The van der Waals surface area contributed by atoms with E-state index in [1.165, 1.54) is 0 Å². The number of carbonyl (C=O) groups is 1. The summed E-state index contributed by atoms with van der Waals surface area (Å²) in [5.74, 6) is 0.927. The van der Waals surface area contributed by atoms with Crippen molar-refractivity contribution in [3.8, 4) is 0 Å². The van der Waals surface area contributed by atoms with E-state index in [1.54, 1.807) is 23.4 Å². The zero-order valence-corrected chi connectivity index (χ0v) is 15.8. The number of hydrogen-bond acceptors (Lipinski definition) is 5. The summed E-state index contributed by atoms with van der Waals surface area (Å²) in [7, 11) is 0. The summed E-state index contributed by atoms with van der Waals surface area (Å²) >= 11 is 0. The number of benzene rings is 1. The van der Waals surface area contributed by atoms with Crippen LogP contribution in [0.15, 0.2) is 35.2 Å². The summed E-state index contributed by atoms with van der Waals surface area (Å²) in [5, 5.41) is 3.08. The molecule has 6 nitrogen and oxygen atoms in total.